The topological polar surface area (TPSA) is 67.6 Å². The Morgan fingerprint density at radius 2 is 1.90 bits per heavy atom. The van der Waals surface area contributed by atoms with Gasteiger partial charge in [-0.05, 0) is 36.7 Å². The maximum atomic E-state index is 12.4. The minimum Gasteiger partial charge on any atom is -0.350 e. The smallest absolute Gasteiger partial charge is 0.350 e. The number of hydrogen-bond acceptors (Lipinski definition) is 5. The molecule has 1 aromatic carbocycles. The van der Waals surface area contributed by atoms with Crippen molar-refractivity contribution in [2.75, 3.05) is 13.1 Å². The van der Waals surface area contributed by atoms with Crippen LogP contribution in [0.4, 0.5) is 0 Å². The predicted octanol–water partition coefficient (Wildman–Crippen LogP) is 1.69. The number of fused-ring (bicyclic) bond motifs is 3. The molecule has 0 radical (unpaired) electrons. The Morgan fingerprint density at radius 3 is 2.70 bits per heavy atom. The maximum absolute atomic E-state index is 12.4. The first-order valence-corrected chi connectivity index (χ1v) is 8.62. The highest BCUT2D eigenvalue weighted by molar-refractivity contribution is 8.15. The Balaban J connectivity index is 1.89. The molecule has 0 saturated carbocycles. The lowest BCUT2D eigenvalue weighted by Crippen LogP contribution is -2.30. The first-order valence-electron chi connectivity index (χ1n) is 6.41. The molecule has 2 aliphatic rings. The molecular formula is C12H12N4O2S2. The fourth-order valence-corrected chi connectivity index (χ4v) is 5.20. The van der Waals surface area contributed by atoms with Gasteiger partial charge in [0, 0.05) is 13.1 Å². The minimum absolute atomic E-state index is 0.475. The molecule has 1 fully saturated rings. The van der Waals surface area contributed by atoms with Crippen LogP contribution in [0.25, 0.3) is 11.0 Å². The lowest BCUT2D eigenvalue weighted by atomic mass is 10.3. The summed E-state index contributed by atoms with van der Waals surface area (Å²) in [7, 11) is -3.73. The molecule has 8 heteroatoms. The van der Waals surface area contributed by atoms with Crippen LogP contribution in [0.3, 0.4) is 0 Å². The molecule has 2 aliphatic heterocycles. The fraction of sp³-hybridized carbons (Fsp3) is 0.333. The average molecular weight is 308 g/mol. The number of thioether (sulfide) groups is 1. The third-order valence-corrected chi connectivity index (χ3v) is 5.93. The van der Waals surface area contributed by atoms with E-state index in [0.29, 0.717) is 21.4 Å². The zero-order chi connectivity index (χ0) is 13.7. The summed E-state index contributed by atoms with van der Waals surface area (Å²) in [5.74, 6) is 0. The fourth-order valence-electron chi connectivity index (χ4n) is 2.54. The number of amidine groups is 1. The molecule has 1 saturated heterocycles. The normalized spacial score (nSPS) is 21.0. The number of benzene rings is 1. The van der Waals surface area contributed by atoms with Crippen LogP contribution in [0.5, 0.6) is 0 Å². The number of aromatic nitrogens is 2. The van der Waals surface area contributed by atoms with Gasteiger partial charge >= 0.3 is 10.2 Å². The van der Waals surface area contributed by atoms with Crippen molar-refractivity contribution >= 4 is 38.2 Å². The number of para-hydroxylation sites is 2. The largest absolute Gasteiger partial charge is 0.353 e. The van der Waals surface area contributed by atoms with Crippen LogP contribution in [0, 0.1) is 0 Å². The minimum atomic E-state index is -3.73. The summed E-state index contributed by atoms with van der Waals surface area (Å²) in [5, 5.41) is 1.02. The Kier molecular flexibility index (Phi) is 2.58. The van der Waals surface area contributed by atoms with E-state index in [9.17, 15) is 8.42 Å². The molecule has 20 heavy (non-hydrogen) atoms. The Bertz CT molecular complexity index is 819. The van der Waals surface area contributed by atoms with Gasteiger partial charge in [-0.15, -0.1) is 4.40 Å². The lowest BCUT2D eigenvalue weighted by Gasteiger charge is -2.22. The predicted molar refractivity (Wildman–Crippen MR) is 78.1 cm³/mol. The Labute approximate surface area is 120 Å². The summed E-state index contributed by atoms with van der Waals surface area (Å²) in [5.41, 5.74) is 1.26. The summed E-state index contributed by atoms with van der Waals surface area (Å²) in [6.45, 7) is 1.73. The van der Waals surface area contributed by atoms with Crippen molar-refractivity contribution in [2.24, 2.45) is 4.40 Å². The van der Waals surface area contributed by atoms with E-state index >= 15 is 0 Å². The average Bonchev–Trinajstić information content (AvgIpc) is 3.04. The highest BCUT2D eigenvalue weighted by atomic mass is 32.2. The van der Waals surface area contributed by atoms with Crippen molar-refractivity contribution in [3.05, 3.63) is 24.3 Å². The molecule has 2 aromatic rings. The number of imidazole rings is 1. The van der Waals surface area contributed by atoms with E-state index in [1.54, 1.807) is 12.1 Å². The monoisotopic (exact) mass is 308 g/mol. The van der Waals surface area contributed by atoms with Gasteiger partial charge in [-0.1, -0.05) is 12.1 Å². The van der Waals surface area contributed by atoms with Crippen molar-refractivity contribution in [3.8, 4) is 0 Å². The van der Waals surface area contributed by atoms with Crippen LogP contribution in [0.2, 0.25) is 0 Å². The van der Waals surface area contributed by atoms with Crippen LogP contribution in [-0.2, 0) is 10.2 Å². The van der Waals surface area contributed by atoms with E-state index in [0.717, 1.165) is 25.9 Å². The quantitative estimate of drug-likeness (QED) is 0.741. The van der Waals surface area contributed by atoms with Gasteiger partial charge in [0.15, 0.2) is 10.3 Å². The van der Waals surface area contributed by atoms with Gasteiger partial charge in [-0.25, -0.2) is 4.98 Å². The molecule has 0 atom stereocenters. The third-order valence-electron chi connectivity index (χ3n) is 3.47. The van der Waals surface area contributed by atoms with E-state index in [1.165, 1.54) is 15.7 Å². The Morgan fingerprint density at radius 1 is 1.15 bits per heavy atom. The number of hydrogen-bond donors (Lipinski definition) is 0. The van der Waals surface area contributed by atoms with Gasteiger partial charge in [0.1, 0.15) is 0 Å². The molecule has 6 nitrogen and oxygen atoms in total. The molecule has 0 N–H and O–H groups in total. The molecule has 1 aromatic heterocycles. The standard InChI is InChI=1S/C12H12N4O2S2/c17-20(18)14-12(15-7-3-4-8-15)19-11-13-9-5-1-2-6-10(9)16(11)20/h1-2,5-6H,3-4,7-8H2. The van der Waals surface area contributed by atoms with E-state index < -0.39 is 10.2 Å². The summed E-state index contributed by atoms with van der Waals surface area (Å²) in [6.07, 6.45) is 2.16. The van der Waals surface area contributed by atoms with Crippen LogP contribution in [0.1, 0.15) is 12.8 Å². The highest BCUT2D eigenvalue weighted by Gasteiger charge is 2.31. The first kappa shape index (κ1) is 12.2. The lowest BCUT2D eigenvalue weighted by molar-refractivity contribution is 0.527. The van der Waals surface area contributed by atoms with Gasteiger partial charge in [0.05, 0.1) is 11.0 Å². The van der Waals surface area contributed by atoms with Gasteiger partial charge in [0.25, 0.3) is 0 Å². The van der Waals surface area contributed by atoms with E-state index in [-0.39, 0.29) is 0 Å². The van der Waals surface area contributed by atoms with Crippen molar-refractivity contribution in [1.82, 2.24) is 13.9 Å². The second kappa shape index (κ2) is 4.23. The number of rotatable bonds is 0. The van der Waals surface area contributed by atoms with Gasteiger partial charge in [0.2, 0.25) is 0 Å². The van der Waals surface area contributed by atoms with Gasteiger partial charge in [-0.3, -0.25) is 0 Å². The maximum Gasteiger partial charge on any atom is 0.353 e. The molecule has 0 amide bonds. The van der Waals surface area contributed by atoms with E-state index in [1.807, 2.05) is 17.0 Å². The van der Waals surface area contributed by atoms with Crippen LogP contribution >= 0.6 is 11.8 Å². The van der Waals surface area contributed by atoms with Crippen LogP contribution in [-0.4, -0.2) is 40.5 Å². The van der Waals surface area contributed by atoms with Crippen molar-refractivity contribution in [3.63, 3.8) is 0 Å². The molecule has 0 spiro atoms. The molecular weight excluding hydrogens is 296 g/mol. The van der Waals surface area contributed by atoms with Crippen LogP contribution in [0.15, 0.2) is 33.8 Å². The molecule has 3 heterocycles. The summed E-state index contributed by atoms with van der Waals surface area (Å²) >= 11 is 1.33. The van der Waals surface area contributed by atoms with E-state index in [2.05, 4.69) is 9.38 Å². The van der Waals surface area contributed by atoms with Crippen molar-refractivity contribution < 1.29 is 8.42 Å². The van der Waals surface area contributed by atoms with E-state index in [4.69, 9.17) is 0 Å². The Hall–Kier alpha value is -1.54. The molecule has 0 aliphatic carbocycles. The molecule has 0 unspecified atom stereocenters. The third kappa shape index (κ3) is 1.75. The zero-order valence-corrected chi connectivity index (χ0v) is 12.2. The summed E-state index contributed by atoms with van der Waals surface area (Å²) < 4.78 is 30.0. The molecule has 0 bridgehead atoms. The number of likely N-dealkylation sites (tertiary alicyclic amines) is 1. The SMILES string of the molecule is O=S1(=O)N=C(N2CCCC2)Sc2nc3ccccc3n21. The van der Waals surface area contributed by atoms with Crippen molar-refractivity contribution in [1.29, 1.82) is 0 Å². The van der Waals surface area contributed by atoms with Gasteiger partial charge < -0.3 is 4.90 Å². The van der Waals surface area contributed by atoms with Crippen molar-refractivity contribution in [2.45, 2.75) is 18.0 Å². The molecule has 104 valence electrons. The highest BCUT2D eigenvalue weighted by Crippen LogP contribution is 2.33. The summed E-state index contributed by atoms with van der Waals surface area (Å²) in [4.78, 5) is 6.43. The molecule has 4 rings (SSSR count). The first-order chi connectivity index (χ1) is 9.65. The number of nitrogens with zero attached hydrogens (tertiary/aromatic N) is 4. The second-order valence-electron chi connectivity index (χ2n) is 4.80. The summed E-state index contributed by atoms with van der Waals surface area (Å²) in [6, 6.07) is 7.21. The van der Waals surface area contributed by atoms with Crippen LogP contribution < -0.4 is 0 Å². The zero-order valence-electron chi connectivity index (χ0n) is 10.6. The van der Waals surface area contributed by atoms with Gasteiger partial charge in [-0.2, -0.15) is 12.4 Å². The second-order valence-corrected chi connectivity index (χ2v) is 7.17.